The van der Waals surface area contributed by atoms with E-state index in [2.05, 4.69) is 45.0 Å². The third-order valence-corrected chi connectivity index (χ3v) is 11.3. The van der Waals surface area contributed by atoms with Gasteiger partial charge in [-0.3, -0.25) is 24.2 Å². The van der Waals surface area contributed by atoms with E-state index in [0.29, 0.717) is 58.6 Å². The number of pyridine rings is 1. The minimum Gasteiger partial charge on any atom is -0.392 e. The van der Waals surface area contributed by atoms with E-state index in [1.54, 1.807) is 36.5 Å². The Kier molecular flexibility index (Phi) is 9.78. The summed E-state index contributed by atoms with van der Waals surface area (Å²) in [5.74, 6) is -0.0413. The van der Waals surface area contributed by atoms with E-state index in [0.717, 1.165) is 63.4 Å². The number of fused-ring (bicyclic) bond motifs is 3. The van der Waals surface area contributed by atoms with Gasteiger partial charge < -0.3 is 29.9 Å². The van der Waals surface area contributed by atoms with Crippen LogP contribution in [0.5, 0.6) is 0 Å². The molecule has 0 spiro atoms. The lowest BCUT2D eigenvalue weighted by atomic mass is 9.83. The number of piperazine rings is 1. The normalized spacial score (nSPS) is 18.8. The number of nitrogens with one attached hydrogen (secondary N) is 2. The van der Waals surface area contributed by atoms with Gasteiger partial charge in [0.05, 0.1) is 42.9 Å². The van der Waals surface area contributed by atoms with Gasteiger partial charge in [0.25, 0.3) is 11.5 Å². The highest BCUT2D eigenvalue weighted by Gasteiger charge is 2.34. The Hall–Kier alpha value is -5.37. The van der Waals surface area contributed by atoms with Crippen molar-refractivity contribution >= 4 is 40.5 Å². The van der Waals surface area contributed by atoms with Gasteiger partial charge in [-0.05, 0) is 92.1 Å². The van der Waals surface area contributed by atoms with Crippen LogP contribution in [0.3, 0.4) is 0 Å². The molecule has 0 saturated carbocycles. The standard InChI is InChI=1S/C41H46N8O5/c1-4-37(51)44-34-19-27(10-12-36(34)48-18-17-47(20-25(48)2)28-23-54-24-28)43-38-41(53)46(3)21-35(45-38)31-13-15-42-39(33(31)22-50)49-16-14-30-29-8-6-5-7-26(29)9-11-32(30)40(49)52/h4,9-13,15,19,21,25,28,50H,1,5-8,14,16-18,20,22-24H2,2-3H3,(H,43,45)(H,44,51)/t25-/m0/s1. The number of amides is 2. The number of hydrogen-bond acceptors (Lipinski definition) is 10. The first-order chi connectivity index (χ1) is 26.2. The van der Waals surface area contributed by atoms with Crippen molar-refractivity contribution in [3.05, 3.63) is 99.6 Å². The van der Waals surface area contributed by atoms with Crippen molar-refractivity contribution in [2.75, 3.05) is 59.8 Å². The van der Waals surface area contributed by atoms with Gasteiger partial charge in [0.1, 0.15) is 5.82 Å². The predicted octanol–water partition coefficient (Wildman–Crippen LogP) is 4.19. The number of aliphatic hydroxyl groups is 1. The number of anilines is 5. The molecule has 0 unspecified atom stereocenters. The molecule has 3 N–H and O–H groups in total. The molecule has 2 saturated heterocycles. The number of ether oxygens (including phenoxy) is 1. The largest absolute Gasteiger partial charge is 0.392 e. The van der Waals surface area contributed by atoms with Crippen LogP contribution in [0.4, 0.5) is 28.7 Å². The number of aryl methyl sites for hydroxylation is 2. The summed E-state index contributed by atoms with van der Waals surface area (Å²) in [4.78, 5) is 55.8. The molecule has 8 rings (SSSR count). The van der Waals surface area contributed by atoms with Crippen molar-refractivity contribution in [2.45, 2.75) is 57.7 Å². The Morgan fingerprint density at radius 2 is 1.87 bits per heavy atom. The summed E-state index contributed by atoms with van der Waals surface area (Å²) in [7, 11) is 1.64. The van der Waals surface area contributed by atoms with Crippen LogP contribution in [-0.2, 0) is 42.4 Å². The van der Waals surface area contributed by atoms with Gasteiger partial charge >= 0.3 is 0 Å². The third kappa shape index (κ3) is 6.56. The van der Waals surface area contributed by atoms with E-state index >= 15 is 0 Å². The quantitative estimate of drug-likeness (QED) is 0.215. The second-order valence-corrected chi connectivity index (χ2v) is 14.6. The number of carbonyl (C=O) groups is 2. The lowest BCUT2D eigenvalue weighted by Gasteiger charge is -2.46. The first kappa shape index (κ1) is 35.6. The van der Waals surface area contributed by atoms with Crippen LogP contribution < -0.4 is 26.0 Å². The Bertz CT molecular complexity index is 2200. The highest BCUT2D eigenvalue weighted by atomic mass is 16.5. The Balaban J connectivity index is 1.09. The number of carbonyl (C=O) groups excluding carboxylic acids is 2. The molecule has 2 aromatic heterocycles. The molecule has 3 aliphatic heterocycles. The smallest absolute Gasteiger partial charge is 0.293 e. The van der Waals surface area contributed by atoms with Crippen LogP contribution in [0.2, 0.25) is 0 Å². The van der Waals surface area contributed by atoms with Gasteiger partial charge in [-0.15, -0.1) is 0 Å². The summed E-state index contributed by atoms with van der Waals surface area (Å²) in [6.45, 7) is 9.94. The van der Waals surface area contributed by atoms with E-state index in [4.69, 9.17) is 9.72 Å². The van der Waals surface area contributed by atoms with E-state index < -0.39 is 0 Å². The minimum absolute atomic E-state index is 0.0587. The molecule has 4 aromatic rings. The average Bonchev–Trinajstić information content (AvgIpc) is 3.16. The number of aromatic nitrogens is 3. The second-order valence-electron chi connectivity index (χ2n) is 14.6. The molecule has 1 atom stereocenters. The monoisotopic (exact) mass is 730 g/mol. The maximum atomic E-state index is 14.0. The molecule has 13 heteroatoms. The average molecular weight is 731 g/mol. The lowest BCUT2D eigenvalue weighted by molar-refractivity contribution is -0.111. The van der Waals surface area contributed by atoms with E-state index in [1.165, 1.54) is 28.2 Å². The number of rotatable bonds is 9. The van der Waals surface area contributed by atoms with Gasteiger partial charge in [-0.25, -0.2) is 9.97 Å². The van der Waals surface area contributed by atoms with Gasteiger partial charge in [0.2, 0.25) is 5.91 Å². The molecular weight excluding hydrogens is 685 g/mol. The van der Waals surface area contributed by atoms with Gasteiger partial charge in [0, 0.05) is 74.0 Å². The van der Waals surface area contributed by atoms with Gasteiger partial charge in [-0.2, -0.15) is 0 Å². The van der Waals surface area contributed by atoms with Crippen LogP contribution in [0, 0.1) is 0 Å². The third-order valence-electron chi connectivity index (χ3n) is 11.3. The van der Waals surface area contributed by atoms with Crippen molar-refractivity contribution in [3.63, 3.8) is 0 Å². The fraction of sp³-hybridized carbons (Fsp3) is 0.390. The van der Waals surface area contributed by atoms with E-state index in [9.17, 15) is 19.5 Å². The number of benzene rings is 2. The SMILES string of the molecule is C=CC(=O)Nc1cc(Nc2nc(-c3ccnc(N4CCc5c(ccc6c5CCCC6)C4=O)c3CO)cn(C)c2=O)ccc1N1CCN(C2COC2)C[C@@H]1C. The van der Waals surface area contributed by atoms with Gasteiger partial charge in [0.15, 0.2) is 5.82 Å². The number of aliphatic hydroxyl groups excluding tert-OH is 1. The molecule has 280 valence electrons. The zero-order valence-corrected chi connectivity index (χ0v) is 30.8. The molecule has 2 amide bonds. The van der Waals surface area contributed by atoms with Crippen molar-refractivity contribution in [1.82, 2.24) is 19.4 Å². The predicted molar refractivity (Wildman–Crippen MR) is 209 cm³/mol. The summed E-state index contributed by atoms with van der Waals surface area (Å²) < 4.78 is 6.85. The molecule has 13 nitrogen and oxygen atoms in total. The second kappa shape index (κ2) is 14.8. The zero-order valence-electron chi connectivity index (χ0n) is 30.8. The molecule has 0 bridgehead atoms. The zero-order chi connectivity index (χ0) is 37.5. The highest BCUT2D eigenvalue weighted by molar-refractivity contribution is 6.08. The molecule has 5 heterocycles. The van der Waals surface area contributed by atoms with Crippen LogP contribution >= 0.6 is 0 Å². The summed E-state index contributed by atoms with van der Waals surface area (Å²) in [6, 6.07) is 12.0. The Morgan fingerprint density at radius 1 is 1.04 bits per heavy atom. The Morgan fingerprint density at radius 3 is 2.63 bits per heavy atom. The molecule has 2 fully saturated rings. The topological polar surface area (TPSA) is 145 Å². The lowest BCUT2D eigenvalue weighted by Crippen LogP contribution is -2.59. The molecule has 4 aliphatic rings. The highest BCUT2D eigenvalue weighted by Crippen LogP contribution is 2.36. The van der Waals surface area contributed by atoms with Crippen molar-refractivity contribution in [3.8, 4) is 11.3 Å². The maximum absolute atomic E-state index is 14.0. The number of hydrogen-bond donors (Lipinski definition) is 3. The molecule has 54 heavy (non-hydrogen) atoms. The summed E-state index contributed by atoms with van der Waals surface area (Å²) >= 11 is 0. The fourth-order valence-electron chi connectivity index (χ4n) is 8.38. The molecular formula is C41H46N8O5. The number of nitrogens with zero attached hydrogens (tertiary/aromatic N) is 6. The van der Waals surface area contributed by atoms with E-state index in [1.807, 2.05) is 18.2 Å². The van der Waals surface area contributed by atoms with Crippen LogP contribution in [-0.4, -0.2) is 87.8 Å². The molecule has 1 aliphatic carbocycles. The van der Waals surface area contributed by atoms with Crippen LogP contribution in [0.1, 0.15) is 52.4 Å². The van der Waals surface area contributed by atoms with Crippen LogP contribution in [0.15, 0.2) is 66.2 Å². The maximum Gasteiger partial charge on any atom is 0.293 e. The van der Waals surface area contributed by atoms with Crippen molar-refractivity contribution < 1.29 is 19.4 Å². The van der Waals surface area contributed by atoms with Crippen LogP contribution in [0.25, 0.3) is 11.3 Å². The van der Waals surface area contributed by atoms with Crippen molar-refractivity contribution in [2.24, 2.45) is 7.05 Å². The van der Waals surface area contributed by atoms with Gasteiger partial charge in [-0.1, -0.05) is 12.6 Å². The summed E-state index contributed by atoms with van der Waals surface area (Å²) in [6.07, 6.45) is 9.52. The first-order valence-corrected chi connectivity index (χ1v) is 18.8. The van der Waals surface area contributed by atoms with Crippen molar-refractivity contribution in [1.29, 1.82) is 0 Å². The minimum atomic E-state index is -0.387. The summed E-state index contributed by atoms with van der Waals surface area (Å²) in [5.41, 5.74) is 7.57. The Labute approximate surface area is 314 Å². The molecule has 0 radical (unpaired) electrons. The first-order valence-electron chi connectivity index (χ1n) is 18.8. The fourth-order valence-corrected chi connectivity index (χ4v) is 8.38. The summed E-state index contributed by atoms with van der Waals surface area (Å²) in [5, 5.41) is 16.9. The molecule has 2 aromatic carbocycles. The van der Waals surface area contributed by atoms with E-state index in [-0.39, 0.29) is 35.8 Å².